The highest BCUT2D eigenvalue weighted by Crippen LogP contribution is 2.24. The van der Waals surface area contributed by atoms with Crippen molar-refractivity contribution in [3.05, 3.63) is 101 Å². The molecule has 2 N–H and O–H groups in total. The molecular formula is C32H33ClN2O3. The van der Waals surface area contributed by atoms with Gasteiger partial charge in [0, 0.05) is 28.2 Å². The summed E-state index contributed by atoms with van der Waals surface area (Å²) in [5, 5.41) is 14.8. The van der Waals surface area contributed by atoms with Crippen molar-refractivity contribution in [1.82, 2.24) is 4.98 Å². The molecule has 0 spiro atoms. The third kappa shape index (κ3) is 7.83. The Labute approximate surface area is 229 Å². The monoisotopic (exact) mass is 528 g/mol. The first kappa shape index (κ1) is 27.2. The van der Waals surface area contributed by atoms with E-state index in [-0.39, 0.29) is 0 Å². The Bertz CT molecular complexity index is 1400. The van der Waals surface area contributed by atoms with Crippen LogP contribution in [-0.4, -0.2) is 22.2 Å². The topological polar surface area (TPSA) is 71.5 Å². The first-order chi connectivity index (χ1) is 18.5. The molecule has 38 heavy (non-hydrogen) atoms. The van der Waals surface area contributed by atoms with E-state index in [1.165, 1.54) is 0 Å². The lowest BCUT2D eigenvalue weighted by Gasteiger charge is -2.18. The number of ether oxygens (including phenoxy) is 1. The molecule has 0 unspecified atom stereocenters. The van der Waals surface area contributed by atoms with Gasteiger partial charge in [-0.3, -0.25) is 0 Å². The molecule has 0 fully saturated rings. The van der Waals surface area contributed by atoms with Crippen LogP contribution in [0, 0.1) is 0 Å². The van der Waals surface area contributed by atoms with Crippen molar-refractivity contribution >= 4 is 46.3 Å². The van der Waals surface area contributed by atoms with Crippen molar-refractivity contribution in [3.8, 4) is 5.75 Å². The van der Waals surface area contributed by atoms with Gasteiger partial charge in [-0.25, -0.2) is 9.78 Å². The molecule has 1 aromatic heterocycles. The third-order valence-corrected chi connectivity index (χ3v) is 6.56. The van der Waals surface area contributed by atoms with Crippen molar-refractivity contribution in [2.75, 3.05) is 5.32 Å². The highest BCUT2D eigenvalue weighted by molar-refractivity contribution is 6.31. The number of carboxylic acid groups (broad SMARTS) is 1. The summed E-state index contributed by atoms with van der Waals surface area (Å²) in [6.45, 7) is 2.65. The Hall–Kier alpha value is -3.83. The number of aromatic nitrogens is 1. The van der Waals surface area contributed by atoms with Gasteiger partial charge in [0.15, 0.2) is 6.10 Å². The second-order valence-corrected chi connectivity index (χ2v) is 9.72. The molecule has 4 rings (SSSR count). The Morgan fingerprint density at radius 3 is 2.68 bits per heavy atom. The molecule has 0 bridgehead atoms. The van der Waals surface area contributed by atoms with Gasteiger partial charge in [0.1, 0.15) is 5.75 Å². The molecule has 0 saturated carbocycles. The van der Waals surface area contributed by atoms with Crippen LogP contribution in [0.5, 0.6) is 5.75 Å². The van der Waals surface area contributed by atoms with Crippen molar-refractivity contribution in [2.45, 2.75) is 51.7 Å². The number of anilines is 1. The van der Waals surface area contributed by atoms with Crippen LogP contribution in [0.25, 0.3) is 23.1 Å². The SMILES string of the molecule is CCCCCC[C@H](Oc1ccccc1CNc1cccc(C=Cc2ccc3ccc(Cl)cc3n2)c1)C(=O)O. The lowest BCUT2D eigenvalue weighted by Crippen LogP contribution is -2.27. The van der Waals surface area contributed by atoms with E-state index in [0.29, 0.717) is 23.7 Å². The van der Waals surface area contributed by atoms with Gasteiger partial charge in [-0.15, -0.1) is 0 Å². The van der Waals surface area contributed by atoms with Crippen LogP contribution in [0.2, 0.25) is 5.02 Å². The van der Waals surface area contributed by atoms with E-state index in [1.807, 2.05) is 84.9 Å². The first-order valence-corrected chi connectivity index (χ1v) is 13.5. The second-order valence-electron chi connectivity index (χ2n) is 9.29. The van der Waals surface area contributed by atoms with Crippen LogP contribution in [0.1, 0.15) is 55.8 Å². The standard InChI is InChI=1S/C32H33ClN2O3/c1-2-3-4-5-13-31(32(36)37)38-30-12-7-6-10-25(30)22-34-28-11-8-9-23(20-28)14-18-27-19-16-24-15-17-26(33)21-29(24)35-27/h6-12,14-21,31,34H,2-5,13,22H2,1H3,(H,36,37)/t31-/m0/s1. The fraction of sp³-hybridized carbons (Fsp3) is 0.250. The smallest absolute Gasteiger partial charge is 0.344 e. The van der Waals surface area contributed by atoms with Crippen LogP contribution >= 0.6 is 11.6 Å². The predicted molar refractivity (Wildman–Crippen MR) is 157 cm³/mol. The molecular weight excluding hydrogens is 496 g/mol. The van der Waals surface area contributed by atoms with Gasteiger partial charge >= 0.3 is 5.97 Å². The average molecular weight is 529 g/mol. The summed E-state index contributed by atoms with van der Waals surface area (Å²) in [7, 11) is 0. The number of hydrogen-bond donors (Lipinski definition) is 2. The van der Waals surface area contributed by atoms with Gasteiger partial charge in [0.2, 0.25) is 0 Å². The first-order valence-electron chi connectivity index (χ1n) is 13.1. The molecule has 1 heterocycles. The highest BCUT2D eigenvalue weighted by Gasteiger charge is 2.20. The lowest BCUT2D eigenvalue weighted by molar-refractivity contribution is -0.145. The van der Waals surface area contributed by atoms with Crippen molar-refractivity contribution in [3.63, 3.8) is 0 Å². The Kier molecular flexibility index (Phi) is 9.77. The second kappa shape index (κ2) is 13.6. The zero-order valence-corrected chi connectivity index (χ0v) is 22.3. The number of aliphatic carboxylic acids is 1. The minimum atomic E-state index is -0.923. The summed E-state index contributed by atoms with van der Waals surface area (Å²) < 4.78 is 5.96. The van der Waals surface area contributed by atoms with Gasteiger partial charge in [0.05, 0.1) is 11.2 Å². The van der Waals surface area contributed by atoms with Gasteiger partial charge in [-0.05, 0) is 60.9 Å². The van der Waals surface area contributed by atoms with Crippen molar-refractivity contribution in [2.24, 2.45) is 0 Å². The third-order valence-electron chi connectivity index (χ3n) is 6.33. The zero-order chi connectivity index (χ0) is 26.7. The van der Waals surface area contributed by atoms with Gasteiger partial charge in [-0.2, -0.15) is 0 Å². The molecule has 0 aliphatic rings. The molecule has 0 amide bonds. The molecule has 5 nitrogen and oxygen atoms in total. The molecule has 196 valence electrons. The van der Waals surface area contributed by atoms with E-state index in [4.69, 9.17) is 16.3 Å². The summed E-state index contributed by atoms with van der Waals surface area (Å²) in [4.78, 5) is 16.5. The number of nitrogens with zero attached hydrogens (tertiary/aromatic N) is 1. The minimum absolute atomic E-state index is 0.505. The van der Waals surface area contributed by atoms with E-state index in [2.05, 4.69) is 23.3 Å². The number of hydrogen-bond acceptors (Lipinski definition) is 4. The number of benzene rings is 3. The number of unbranched alkanes of at least 4 members (excludes halogenated alkanes) is 3. The summed E-state index contributed by atoms with van der Waals surface area (Å²) in [5.74, 6) is -0.325. The molecule has 0 aliphatic heterocycles. The number of nitrogens with one attached hydrogen (secondary N) is 1. The number of fused-ring (bicyclic) bond motifs is 1. The largest absolute Gasteiger partial charge is 0.479 e. The fourth-order valence-corrected chi connectivity index (χ4v) is 4.40. The number of carboxylic acids is 1. The maximum absolute atomic E-state index is 11.8. The maximum Gasteiger partial charge on any atom is 0.344 e. The predicted octanol–water partition coefficient (Wildman–Crippen LogP) is 8.47. The number of pyridine rings is 1. The number of para-hydroxylation sites is 1. The van der Waals surface area contributed by atoms with Gasteiger partial charge in [0.25, 0.3) is 0 Å². The number of carbonyl (C=O) groups is 1. The Balaban J connectivity index is 1.40. The van der Waals surface area contributed by atoms with Crippen molar-refractivity contribution in [1.29, 1.82) is 0 Å². The number of rotatable bonds is 13. The van der Waals surface area contributed by atoms with Crippen LogP contribution in [0.15, 0.2) is 78.9 Å². The normalized spacial score (nSPS) is 12.1. The van der Waals surface area contributed by atoms with Gasteiger partial charge in [-0.1, -0.05) is 86.3 Å². The molecule has 0 aliphatic carbocycles. The molecule has 6 heteroatoms. The van der Waals surface area contributed by atoms with E-state index in [1.54, 1.807) is 0 Å². The average Bonchev–Trinajstić information content (AvgIpc) is 2.93. The summed E-state index contributed by atoms with van der Waals surface area (Å²) >= 11 is 6.12. The van der Waals surface area contributed by atoms with Crippen molar-refractivity contribution < 1.29 is 14.6 Å². The fourth-order valence-electron chi connectivity index (χ4n) is 4.24. The van der Waals surface area contributed by atoms with Crippen LogP contribution < -0.4 is 10.1 Å². The summed E-state index contributed by atoms with van der Waals surface area (Å²) in [6.07, 6.45) is 7.74. The zero-order valence-electron chi connectivity index (χ0n) is 21.6. The Morgan fingerprint density at radius 1 is 1.00 bits per heavy atom. The van der Waals surface area contributed by atoms with Crippen LogP contribution in [-0.2, 0) is 11.3 Å². The lowest BCUT2D eigenvalue weighted by atomic mass is 10.1. The minimum Gasteiger partial charge on any atom is -0.479 e. The summed E-state index contributed by atoms with van der Waals surface area (Å²) in [6, 6.07) is 25.4. The van der Waals surface area contributed by atoms with E-state index in [9.17, 15) is 9.90 Å². The van der Waals surface area contributed by atoms with E-state index in [0.717, 1.165) is 59.1 Å². The maximum atomic E-state index is 11.8. The Morgan fingerprint density at radius 2 is 1.84 bits per heavy atom. The van der Waals surface area contributed by atoms with E-state index >= 15 is 0 Å². The quantitative estimate of drug-likeness (QED) is 0.170. The van der Waals surface area contributed by atoms with E-state index < -0.39 is 12.1 Å². The highest BCUT2D eigenvalue weighted by atomic mass is 35.5. The number of halogens is 1. The van der Waals surface area contributed by atoms with Crippen LogP contribution in [0.4, 0.5) is 5.69 Å². The molecule has 4 aromatic rings. The molecule has 0 radical (unpaired) electrons. The molecule has 0 saturated heterocycles. The van der Waals surface area contributed by atoms with Crippen LogP contribution in [0.3, 0.4) is 0 Å². The summed E-state index contributed by atoms with van der Waals surface area (Å²) in [5.41, 5.74) is 4.61. The molecule has 3 aromatic carbocycles. The van der Waals surface area contributed by atoms with Gasteiger partial charge < -0.3 is 15.2 Å². The molecule has 1 atom stereocenters.